The zero-order chi connectivity index (χ0) is 14.7. The van der Waals surface area contributed by atoms with Gasteiger partial charge in [0.15, 0.2) is 6.10 Å². The summed E-state index contributed by atoms with van der Waals surface area (Å²) in [6, 6.07) is 5.23. The number of amides is 1. The van der Waals surface area contributed by atoms with Crippen molar-refractivity contribution in [2.24, 2.45) is 0 Å². The predicted octanol–water partition coefficient (Wildman–Crippen LogP) is 2.48. The number of halogens is 1. The Morgan fingerprint density at radius 3 is 2.80 bits per heavy atom. The maximum Gasteiger partial charge on any atom is 0.267 e. The summed E-state index contributed by atoms with van der Waals surface area (Å²) in [4.78, 5) is 15.9. The van der Waals surface area contributed by atoms with Crippen LogP contribution >= 0.6 is 11.6 Å². The van der Waals surface area contributed by atoms with E-state index in [1.54, 1.807) is 32.0 Å². The van der Waals surface area contributed by atoms with Gasteiger partial charge in [-0.15, -0.1) is 5.10 Å². The Kier molecular flexibility index (Phi) is 4.24. The number of hydrogen-bond acceptors (Lipinski definition) is 4. The number of aromatic nitrogens is 3. The average molecular weight is 295 g/mol. The van der Waals surface area contributed by atoms with Crippen LogP contribution < -0.4 is 10.1 Å². The molecule has 0 fully saturated rings. The summed E-state index contributed by atoms with van der Waals surface area (Å²) in [5.74, 6) is 1.15. The van der Waals surface area contributed by atoms with E-state index in [1.165, 1.54) is 0 Å². The number of benzene rings is 1. The topological polar surface area (TPSA) is 79.9 Å². The first-order chi connectivity index (χ1) is 9.45. The molecule has 1 unspecified atom stereocenters. The lowest BCUT2D eigenvalue weighted by molar-refractivity contribution is -0.122. The fourth-order valence-corrected chi connectivity index (χ4v) is 1.83. The van der Waals surface area contributed by atoms with E-state index >= 15 is 0 Å². The summed E-state index contributed by atoms with van der Waals surface area (Å²) in [5, 5.41) is 9.68. The van der Waals surface area contributed by atoms with Gasteiger partial charge in [0.1, 0.15) is 11.6 Å². The predicted molar refractivity (Wildman–Crippen MR) is 76.0 cm³/mol. The van der Waals surface area contributed by atoms with Crippen LogP contribution in [-0.2, 0) is 4.79 Å². The number of anilines is 1. The molecule has 1 amide bonds. The van der Waals surface area contributed by atoms with Crippen molar-refractivity contribution in [1.82, 2.24) is 15.2 Å². The van der Waals surface area contributed by atoms with Gasteiger partial charge in [-0.3, -0.25) is 15.2 Å². The fraction of sp³-hybridized carbons (Fsp3) is 0.308. The fourth-order valence-electron chi connectivity index (χ4n) is 1.60. The van der Waals surface area contributed by atoms with Gasteiger partial charge in [-0.2, -0.15) is 4.98 Å². The monoisotopic (exact) mass is 294 g/mol. The van der Waals surface area contributed by atoms with Gasteiger partial charge in [-0.05, 0) is 44.5 Å². The SMILES string of the molecule is Cc1nc(NC(=O)C(C)Oc2ccc(Cl)cc2C)n[nH]1. The molecule has 0 aliphatic rings. The number of H-pyrrole nitrogens is 1. The third-order valence-electron chi connectivity index (χ3n) is 2.64. The molecule has 20 heavy (non-hydrogen) atoms. The van der Waals surface area contributed by atoms with Crippen molar-refractivity contribution in [3.63, 3.8) is 0 Å². The summed E-state index contributed by atoms with van der Waals surface area (Å²) in [7, 11) is 0. The van der Waals surface area contributed by atoms with E-state index in [1.807, 2.05) is 6.92 Å². The zero-order valence-electron chi connectivity index (χ0n) is 11.4. The lowest BCUT2D eigenvalue weighted by Gasteiger charge is -2.15. The number of nitrogens with one attached hydrogen (secondary N) is 2. The molecule has 0 spiro atoms. The standard InChI is InChI=1S/C13H15ClN4O2/c1-7-6-10(14)4-5-11(7)20-8(2)12(19)16-13-15-9(3)17-18-13/h4-6,8H,1-3H3,(H2,15,16,17,18,19). The summed E-state index contributed by atoms with van der Waals surface area (Å²) < 4.78 is 5.60. The number of aryl methyl sites for hydroxylation is 2. The molecule has 6 nitrogen and oxygen atoms in total. The van der Waals surface area contributed by atoms with E-state index in [4.69, 9.17) is 16.3 Å². The molecule has 0 bridgehead atoms. The van der Waals surface area contributed by atoms with E-state index in [0.29, 0.717) is 16.6 Å². The molecule has 1 atom stereocenters. The van der Waals surface area contributed by atoms with Gasteiger partial charge >= 0.3 is 0 Å². The first-order valence-electron chi connectivity index (χ1n) is 6.08. The van der Waals surface area contributed by atoms with Crippen molar-refractivity contribution in [2.75, 3.05) is 5.32 Å². The van der Waals surface area contributed by atoms with Crippen molar-refractivity contribution < 1.29 is 9.53 Å². The molecule has 0 aliphatic carbocycles. The number of aromatic amines is 1. The Hall–Kier alpha value is -2.08. The van der Waals surface area contributed by atoms with Crippen LogP contribution in [0.3, 0.4) is 0 Å². The van der Waals surface area contributed by atoms with Gasteiger partial charge in [0.25, 0.3) is 5.91 Å². The molecule has 7 heteroatoms. The first kappa shape index (κ1) is 14.3. The highest BCUT2D eigenvalue weighted by molar-refractivity contribution is 6.30. The second-order valence-corrected chi connectivity index (χ2v) is 4.84. The Morgan fingerprint density at radius 2 is 2.20 bits per heavy atom. The van der Waals surface area contributed by atoms with Gasteiger partial charge in [-0.1, -0.05) is 11.6 Å². The summed E-state index contributed by atoms with van der Waals surface area (Å²) in [6.45, 7) is 5.27. The van der Waals surface area contributed by atoms with Crippen molar-refractivity contribution in [2.45, 2.75) is 26.9 Å². The molecule has 2 aromatic rings. The van der Waals surface area contributed by atoms with Crippen LogP contribution in [0.4, 0.5) is 5.95 Å². The van der Waals surface area contributed by atoms with Crippen LogP contribution in [-0.4, -0.2) is 27.2 Å². The van der Waals surface area contributed by atoms with Gasteiger partial charge in [-0.25, -0.2) is 0 Å². The minimum Gasteiger partial charge on any atom is -0.481 e. The molecular formula is C13H15ClN4O2. The highest BCUT2D eigenvalue weighted by Crippen LogP contribution is 2.22. The zero-order valence-corrected chi connectivity index (χ0v) is 12.2. The molecule has 1 heterocycles. The summed E-state index contributed by atoms with van der Waals surface area (Å²) >= 11 is 5.87. The second kappa shape index (κ2) is 5.92. The number of hydrogen-bond donors (Lipinski definition) is 2. The first-order valence-corrected chi connectivity index (χ1v) is 6.46. The Labute approximate surface area is 121 Å². The van der Waals surface area contributed by atoms with E-state index in [9.17, 15) is 4.79 Å². The molecular weight excluding hydrogens is 280 g/mol. The molecule has 2 rings (SSSR count). The number of nitrogens with zero attached hydrogens (tertiary/aromatic N) is 2. The number of carbonyl (C=O) groups excluding carboxylic acids is 1. The maximum atomic E-state index is 11.9. The minimum atomic E-state index is -0.673. The smallest absolute Gasteiger partial charge is 0.267 e. The lowest BCUT2D eigenvalue weighted by atomic mass is 10.2. The largest absolute Gasteiger partial charge is 0.481 e. The van der Waals surface area contributed by atoms with E-state index in [2.05, 4.69) is 20.5 Å². The van der Waals surface area contributed by atoms with Crippen molar-refractivity contribution in [1.29, 1.82) is 0 Å². The molecule has 1 aromatic heterocycles. The Bertz CT molecular complexity index is 627. The van der Waals surface area contributed by atoms with Gasteiger partial charge in [0.2, 0.25) is 5.95 Å². The molecule has 1 aromatic carbocycles. The van der Waals surface area contributed by atoms with Crippen LogP contribution in [0.25, 0.3) is 0 Å². The van der Waals surface area contributed by atoms with E-state index < -0.39 is 6.10 Å². The van der Waals surface area contributed by atoms with Crippen LogP contribution in [0.2, 0.25) is 5.02 Å². The maximum absolute atomic E-state index is 11.9. The van der Waals surface area contributed by atoms with Gasteiger partial charge < -0.3 is 4.74 Å². The average Bonchev–Trinajstić information content (AvgIpc) is 2.78. The van der Waals surface area contributed by atoms with Crippen LogP contribution in [0, 0.1) is 13.8 Å². The third kappa shape index (κ3) is 3.48. The quantitative estimate of drug-likeness (QED) is 0.908. The molecule has 0 aliphatic heterocycles. The molecule has 0 saturated carbocycles. The van der Waals surface area contributed by atoms with Crippen LogP contribution in [0.5, 0.6) is 5.75 Å². The number of ether oxygens (including phenoxy) is 1. The van der Waals surface area contributed by atoms with Gasteiger partial charge in [0.05, 0.1) is 0 Å². The lowest BCUT2D eigenvalue weighted by Crippen LogP contribution is -2.30. The number of rotatable bonds is 4. The van der Waals surface area contributed by atoms with Crippen LogP contribution in [0.1, 0.15) is 18.3 Å². The Balaban J connectivity index is 2.00. The van der Waals surface area contributed by atoms with E-state index in [-0.39, 0.29) is 11.9 Å². The number of carbonyl (C=O) groups is 1. The van der Waals surface area contributed by atoms with Crippen molar-refractivity contribution in [3.8, 4) is 5.75 Å². The van der Waals surface area contributed by atoms with Crippen LogP contribution in [0.15, 0.2) is 18.2 Å². The van der Waals surface area contributed by atoms with E-state index in [0.717, 1.165) is 5.56 Å². The minimum absolute atomic E-state index is 0.232. The van der Waals surface area contributed by atoms with Gasteiger partial charge in [0, 0.05) is 5.02 Å². The van der Waals surface area contributed by atoms with Crippen molar-refractivity contribution in [3.05, 3.63) is 34.6 Å². The molecule has 106 valence electrons. The second-order valence-electron chi connectivity index (χ2n) is 4.40. The molecule has 2 N–H and O–H groups in total. The highest BCUT2D eigenvalue weighted by atomic mass is 35.5. The van der Waals surface area contributed by atoms with Crippen molar-refractivity contribution >= 4 is 23.5 Å². The summed E-state index contributed by atoms with van der Waals surface area (Å²) in [5.41, 5.74) is 0.867. The third-order valence-corrected chi connectivity index (χ3v) is 2.88. The normalized spacial score (nSPS) is 12.0. The Morgan fingerprint density at radius 1 is 1.45 bits per heavy atom. The molecule has 0 saturated heterocycles. The molecule has 0 radical (unpaired) electrons. The summed E-state index contributed by atoms with van der Waals surface area (Å²) in [6.07, 6.45) is -0.673. The highest BCUT2D eigenvalue weighted by Gasteiger charge is 2.17.